The maximum atomic E-state index is 12.1. The van der Waals surface area contributed by atoms with E-state index in [2.05, 4.69) is 25.3 Å². The Labute approximate surface area is 169 Å². The van der Waals surface area contributed by atoms with Gasteiger partial charge in [0, 0.05) is 32.5 Å². The molecule has 1 heterocycles. The first-order valence-electron chi connectivity index (χ1n) is 7.87. The Morgan fingerprint density at radius 1 is 1.23 bits per heavy atom. The Bertz CT molecular complexity index is 551. The lowest BCUT2D eigenvalue weighted by Gasteiger charge is -2.24. The number of aromatic nitrogens is 1. The van der Waals surface area contributed by atoms with Crippen LogP contribution in [0.3, 0.4) is 0 Å². The van der Waals surface area contributed by atoms with E-state index >= 15 is 0 Å². The summed E-state index contributed by atoms with van der Waals surface area (Å²) in [5, 5.41) is 6.29. The number of methoxy groups -OCH3 is 1. The average molecular weight is 490 g/mol. The number of nitrogens with one attached hydrogen (secondary N) is 2. The zero-order chi connectivity index (χ0) is 18.9. The first kappa shape index (κ1) is 24.7. The molecule has 0 unspecified atom stereocenters. The highest BCUT2D eigenvalue weighted by molar-refractivity contribution is 14.0. The summed E-state index contributed by atoms with van der Waals surface area (Å²) in [6.07, 6.45) is -2.94. The van der Waals surface area contributed by atoms with Gasteiger partial charge < -0.3 is 20.1 Å². The van der Waals surface area contributed by atoms with Crippen LogP contribution in [-0.4, -0.2) is 49.5 Å². The van der Waals surface area contributed by atoms with Crippen molar-refractivity contribution in [3.8, 4) is 5.88 Å². The van der Waals surface area contributed by atoms with E-state index in [0.29, 0.717) is 25.6 Å². The fourth-order valence-corrected chi connectivity index (χ4v) is 1.63. The molecule has 1 rings (SSSR count). The number of nitrogens with zero attached hydrogens (tertiary/aromatic N) is 2. The van der Waals surface area contributed by atoms with E-state index in [1.807, 2.05) is 20.8 Å². The van der Waals surface area contributed by atoms with Gasteiger partial charge in [0.25, 0.3) is 0 Å². The van der Waals surface area contributed by atoms with Gasteiger partial charge in [0.2, 0.25) is 5.88 Å². The summed E-state index contributed by atoms with van der Waals surface area (Å²) in [6, 6.07) is 3.02. The molecular formula is C16H26F3IN4O2. The Morgan fingerprint density at radius 3 is 2.42 bits per heavy atom. The lowest BCUT2D eigenvalue weighted by molar-refractivity contribution is -0.154. The molecule has 6 nitrogen and oxygen atoms in total. The smallest absolute Gasteiger partial charge is 0.422 e. The predicted molar refractivity (Wildman–Crippen MR) is 105 cm³/mol. The van der Waals surface area contributed by atoms with Crippen molar-refractivity contribution >= 4 is 29.9 Å². The molecule has 150 valence electrons. The molecule has 0 spiro atoms. The second-order valence-corrected chi connectivity index (χ2v) is 5.92. The first-order valence-corrected chi connectivity index (χ1v) is 7.87. The third kappa shape index (κ3) is 10.6. The van der Waals surface area contributed by atoms with Crippen molar-refractivity contribution in [1.29, 1.82) is 0 Å². The Balaban J connectivity index is 0.00000625. The van der Waals surface area contributed by atoms with E-state index in [-0.39, 0.29) is 35.5 Å². The van der Waals surface area contributed by atoms with Gasteiger partial charge in [-0.05, 0) is 26.3 Å². The maximum absolute atomic E-state index is 12.1. The highest BCUT2D eigenvalue weighted by Gasteiger charge is 2.28. The average Bonchev–Trinajstić information content (AvgIpc) is 2.56. The van der Waals surface area contributed by atoms with Crippen LogP contribution in [0, 0.1) is 0 Å². The Morgan fingerprint density at radius 2 is 1.92 bits per heavy atom. The van der Waals surface area contributed by atoms with Crippen LogP contribution in [0.4, 0.5) is 13.2 Å². The highest BCUT2D eigenvalue weighted by Crippen LogP contribution is 2.17. The van der Waals surface area contributed by atoms with E-state index in [9.17, 15) is 13.2 Å². The van der Waals surface area contributed by atoms with Crippen molar-refractivity contribution in [3.05, 3.63) is 23.9 Å². The molecule has 26 heavy (non-hydrogen) atoms. The minimum Gasteiger partial charge on any atom is -0.468 e. The van der Waals surface area contributed by atoms with E-state index in [1.54, 1.807) is 13.2 Å². The zero-order valence-corrected chi connectivity index (χ0v) is 17.6. The van der Waals surface area contributed by atoms with Crippen LogP contribution in [0.15, 0.2) is 23.3 Å². The van der Waals surface area contributed by atoms with Crippen LogP contribution in [0.25, 0.3) is 0 Å². The minimum absolute atomic E-state index is 0. The van der Waals surface area contributed by atoms with Gasteiger partial charge in [0.15, 0.2) is 12.6 Å². The molecule has 0 bridgehead atoms. The van der Waals surface area contributed by atoms with Crippen LogP contribution in [0.1, 0.15) is 26.3 Å². The van der Waals surface area contributed by atoms with Crippen molar-refractivity contribution in [1.82, 2.24) is 15.6 Å². The van der Waals surface area contributed by atoms with E-state index in [0.717, 1.165) is 5.56 Å². The Kier molecular flexibility index (Phi) is 10.8. The summed E-state index contributed by atoms with van der Waals surface area (Å²) in [5.41, 5.74) is 0.414. The number of hydrogen-bond donors (Lipinski definition) is 2. The van der Waals surface area contributed by atoms with Crippen molar-refractivity contribution in [2.45, 2.75) is 39.1 Å². The quantitative estimate of drug-likeness (QED) is 0.333. The normalized spacial score (nSPS) is 12.3. The SMILES string of the molecule is CCNC(=NCc1ccc(OCC(F)(F)F)nc1)NCC(C)(C)OC.I. The van der Waals surface area contributed by atoms with Gasteiger partial charge in [-0.1, -0.05) is 6.07 Å². The summed E-state index contributed by atoms with van der Waals surface area (Å²) in [6.45, 7) is 6.09. The predicted octanol–water partition coefficient (Wildman–Crippen LogP) is 3.12. The van der Waals surface area contributed by atoms with E-state index in [4.69, 9.17) is 4.74 Å². The molecule has 0 atom stereocenters. The second kappa shape index (κ2) is 11.4. The number of alkyl halides is 3. The molecule has 0 amide bonds. The molecule has 0 saturated carbocycles. The van der Waals surface area contributed by atoms with Gasteiger partial charge >= 0.3 is 6.18 Å². The largest absolute Gasteiger partial charge is 0.468 e. The topological polar surface area (TPSA) is 67.8 Å². The molecular weight excluding hydrogens is 464 g/mol. The summed E-state index contributed by atoms with van der Waals surface area (Å²) in [7, 11) is 1.64. The third-order valence-corrected chi connectivity index (χ3v) is 3.18. The molecule has 0 aliphatic heterocycles. The van der Waals surface area contributed by atoms with Crippen LogP contribution in [-0.2, 0) is 11.3 Å². The molecule has 2 N–H and O–H groups in total. The summed E-state index contributed by atoms with van der Waals surface area (Å²) >= 11 is 0. The monoisotopic (exact) mass is 490 g/mol. The van der Waals surface area contributed by atoms with Crippen LogP contribution < -0.4 is 15.4 Å². The fourth-order valence-electron chi connectivity index (χ4n) is 1.63. The number of ether oxygens (including phenoxy) is 2. The lowest BCUT2D eigenvalue weighted by Crippen LogP contribution is -2.45. The minimum atomic E-state index is -4.38. The molecule has 1 aromatic rings. The van der Waals surface area contributed by atoms with E-state index in [1.165, 1.54) is 12.3 Å². The van der Waals surface area contributed by atoms with Crippen molar-refractivity contribution in [2.24, 2.45) is 4.99 Å². The Hall–Kier alpha value is -1.30. The number of guanidine groups is 1. The van der Waals surface area contributed by atoms with Crippen LogP contribution in [0.5, 0.6) is 5.88 Å². The number of rotatable bonds is 8. The maximum Gasteiger partial charge on any atom is 0.422 e. The van der Waals surface area contributed by atoms with Gasteiger partial charge in [0.1, 0.15) is 0 Å². The van der Waals surface area contributed by atoms with Gasteiger partial charge in [-0.15, -0.1) is 24.0 Å². The number of halogens is 4. The summed E-state index contributed by atoms with van der Waals surface area (Å²) < 4.78 is 46.2. The first-order chi connectivity index (χ1) is 11.6. The zero-order valence-electron chi connectivity index (χ0n) is 15.3. The second-order valence-electron chi connectivity index (χ2n) is 5.92. The van der Waals surface area contributed by atoms with Crippen molar-refractivity contribution in [2.75, 3.05) is 26.8 Å². The van der Waals surface area contributed by atoms with Crippen LogP contribution >= 0.6 is 24.0 Å². The van der Waals surface area contributed by atoms with Gasteiger partial charge in [0.05, 0.1) is 12.1 Å². The van der Waals surface area contributed by atoms with Gasteiger partial charge in [-0.25, -0.2) is 9.98 Å². The number of aliphatic imine (C=N–C) groups is 1. The summed E-state index contributed by atoms with van der Waals surface area (Å²) in [4.78, 5) is 8.27. The van der Waals surface area contributed by atoms with Gasteiger partial charge in [-0.3, -0.25) is 0 Å². The van der Waals surface area contributed by atoms with Crippen molar-refractivity contribution in [3.63, 3.8) is 0 Å². The van der Waals surface area contributed by atoms with E-state index < -0.39 is 12.8 Å². The molecule has 0 radical (unpaired) electrons. The molecule has 0 saturated heterocycles. The van der Waals surface area contributed by atoms with Gasteiger partial charge in [-0.2, -0.15) is 13.2 Å². The standard InChI is InChI=1S/C16H25F3N4O2.HI/c1-5-20-14(23-10-15(2,3)24-4)22-9-12-6-7-13(21-8-12)25-11-16(17,18)19;/h6-8H,5,9-11H2,1-4H3,(H2,20,22,23);1H. The molecule has 10 heteroatoms. The fraction of sp³-hybridized carbons (Fsp3) is 0.625. The molecule has 1 aromatic heterocycles. The highest BCUT2D eigenvalue weighted by atomic mass is 127. The van der Waals surface area contributed by atoms with Crippen molar-refractivity contribution < 1.29 is 22.6 Å². The lowest BCUT2D eigenvalue weighted by atomic mass is 10.1. The third-order valence-electron chi connectivity index (χ3n) is 3.18. The number of pyridine rings is 1. The number of hydrogen-bond acceptors (Lipinski definition) is 4. The molecule has 0 fully saturated rings. The molecule has 0 aromatic carbocycles. The summed E-state index contributed by atoms with van der Waals surface area (Å²) in [5.74, 6) is 0.543. The molecule has 0 aliphatic rings. The van der Waals surface area contributed by atoms with Crippen LogP contribution in [0.2, 0.25) is 0 Å². The molecule has 0 aliphatic carbocycles.